The van der Waals surface area contributed by atoms with E-state index in [4.69, 9.17) is 12.2 Å². The predicted octanol–water partition coefficient (Wildman–Crippen LogP) is 1.77. The lowest BCUT2D eigenvalue weighted by Crippen LogP contribution is -2.42. The van der Waals surface area contributed by atoms with E-state index < -0.39 is 5.41 Å². The second-order valence-corrected chi connectivity index (χ2v) is 5.32. The van der Waals surface area contributed by atoms with E-state index >= 15 is 0 Å². The molecule has 0 heterocycles. The molecule has 106 valence electrons. The van der Waals surface area contributed by atoms with Crippen molar-refractivity contribution >= 4 is 5.91 Å². The van der Waals surface area contributed by atoms with E-state index in [2.05, 4.69) is 5.92 Å². The van der Waals surface area contributed by atoms with Gasteiger partial charge >= 0.3 is 0 Å². The fraction of sp³-hybridized carbons (Fsp3) is 0.471. The number of likely N-dealkylation sites (N-methyl/N-ethyl adjacent to an activating group) is 1. The molecule has 0 radical (unpaired) electrons. The van der Waals surface area contributed by atoms with Crippen LogP contribution in [0.4, 0.5) is 0 Å². The van der Waals surface area contributed by atoms with Crippen LogP contribution < -0.4 is 5.73 Å². The lowest BCUT2D eigenvalue weighted by atomic mass is 9.89. The Labute approximate surface area is 121 Å². The van der Waals surface area contributed by atoms with Crippen LogP contribution in [0.1, 0.15) is 25.8 Å². The van der Waals surface area contributed by atoms with Gasteiger partial charge in [-0.1, -0.05) is 36.3 Å². The molecule has 0 saturated heterocycles. The van der Waals surface area contributed by atoms with Gasteiger partial charge in [-0.15, -0.1) is 6.42 Å². The van der Waals surface area contributed by atoms with Gasteiger partial charge in [-0.05, 0) is 25.8 Å². The van der Waals surface area contributed by atoms with Crippen LogP contribution in [0.15, 0.2) is 30.3 Å². The minimum Gasteiger partial charge on any atom is -0.342 e. The SMILES string of the molecule is C#CC(N)[C@@H]1C[C@@]1(C(=O)N(CC)CC)c1ccccc1. The van der Waals surface area contributed by atoms with Crippen molar-refractivity contribution in [2.45, 2.75) is 31.7 Å². The third-order valence-corrected chi connectivity index (χ3v) is 4.36. The Bertz CT molecular complexity index is 516. The van der Waals surface area contributed by atoms with Crippen LogP contribution in [-0.2, 0) is 10.2 Å². The first-order chi connectivity index (χ1) is 9.61. The summed E-state index contributed by atoms with van der Waals surface area (Å²) < 4.78 is 0. The highest BCUT2D eigenvalue weighted by atomic mass is 16.2. The van der Waals surface area contributed by atoms with Gasteiger partial charge in [-0.2, -0.15) is 0 Å². The van der Waals surface area contributed by atoms with Gasteiger partial charge < -0.3 is 10.6 Å². The molecule has 2 N–H and O–H groups in total. The Kier molecular flexibility index (Phi) is 4.15. The molecular weight excluding hydrogens is 248 g/mol. The molecule has 2 rings (SSSR count). The maximum atomic E-state index is 12.9. The summed E-state index contributed by atoms with van der Waals surface area (Å²) in [7, 11) is 0. The smallest absolute Gasteiger partial charge is 0.233 e. The molecule has 0 aliphatic heterocycles. The lowest BCUT2D eigenvalue weighted by Gasteiger charge is -2.27. The van der Waals surface area contributed by atoms with E-state index in [1.54, 1.807) is 0 Å². The maximum absolute atomic E-state index is 12.9. The van der Waals surface area contributed by atoms with Crippen LogP contribution in [0.25, 0.3) is 0 Å². The number of nitrogens with two attached hydrogens (primary N) is 1. The van der Waals surface area contributed by atoms with Crippen molar-refractivity contribution in [3.05, 3.63) is 35.9 Å². The summed E-state index contributed by atoms with van der Waals surface area (Å²) in [6.07, 6.45) is 6.20. The number of carbonyl (C=O) groups is 1. The summed E-state index contributed by atoms with van der Waals surface area (Å²) >= 11 is 0. The molecule has 0 spiro atoms. The molecule has 1 amide bonds. The van der Waals surface area contributed by atoms with Crippen LogP contribution in [0, 0.1) is 18.3 Å². The molecule has 1 saturated carbocycles. The topological polar surface area (TPSA) is 46.3 Å². The Hall–Kier alpha value is -1.79. The second kappa shape index (κ2) is 5.68. The highest BCUT2D eigenvalue weighted by molar-refractivity contribution is 5.92. The van der Waals surface area contributed by atoms with E-state index in [1.807, 2.05) is 49.1 Å². The summed E-state index contributed by atoms with van der Waals surface area (Å²) in [4.78, 5) is 14.8. The summed E-state index contributed by atoms with van der Waals surface area (Å²) in [5.74, 6) is 2.79. The average Bonchev–Trinajstić information content (AvgIpc) is 3.25. The van der Waals surface area contributed by atoms with Crippen LogP contribution in [-0.4, -0.2) is 29.9 Å². The number of carbonyl (C=O) groups excluding carboxylic acids is 1. The summed E-state index contributed by atoms with van der Waals surface area (Å²) in [6.45, 7) is 5.42. The highest BCUT2D eigenvalue weighted by Gasteiger charge is 2.63. The van der Waals surface area contributed by atoms with Crippen molar-refractivity contribution in [2.24, 2.45) is 11.7 Å². The van der Waals surface area contributed by atoms with Gasteiger partial charge in [-0.25, -0.2) is 0 Å². The molecule has 0 aromatic heterocycles. The highest BCUT2D eigenvalue weighted by Crippen LogP contribution is 2.56. The molecule has 1 aliphatic carbocycles. The van der Waals surface area contributed by atoms with Crippen LogP contribution >= 0.6 is 0 Å². The third-order valence-electron chi connectivity index (χ3n) is 4.36. The minimum atomic E-state index is -0.515. The Morgan fingerprint density at radius 2 is 2.05 bits per heavy atom. The normalized spacial score (nSPS) is 25.6. The molecule has 0 bridgehead atoms. The van der Waals surface area contributed by atoms with Crippen LogP contribution in [0.2, 0.25) is 0 Å². The van der Waals surface area contributed by atoms with Gasteiger partial charge in [0.2, 0.25) is 5.91 Å². The van der Waals surface area contributed by atoms with E-state index in [9.17, 15) is 4.79 Å². The third kappa shape index (κ3) is 2.21. The molecule has 20 heavy (non-hydrogen) atoms. The number of hydrogen-bond donors (Lipinski definition) is 1. The van der Waals surface area contributed by atoms with Crippen molar-refractivity contribution in [2.75, 3.05) is 13.1 Å². The van der Waals surface area contributed by atoms with Crippen molar-refractivity contribution in [1.29, 1.82) is 0 Å². The van der Waals surface area contributed by atoms with Gasteiger partial charge in [0, 0.05) is 19.0 Å². The summed E-state index contributed by atoms with van der Waals surface area (Å²) in [5, 5.41) is 0. The van der Waals surface area contributed by atoms with Gasteiger partial charge in [0.1, 0.15) is 0 Å². The van der Waals surface area contributed by atoms with Gasteiger partial charge in [0.05, 0.1) is 11.5 Å². The van der Waals surface area contributed by atoms with Crippen molar-refractivity contribution in [3.63, 3.8) is 0 Å². The Morgan fingerprint density at radius 1 is 1.45 bits per heavy atom. The molecule has 3 heteroatoms. The van der Waals surface area contributed by atoms with E-state index in [1.165, 1.54) is 0 Å². The fourth-order valence-corrected chi connectivity index (χ4v) is 3.07. The zero-order valence-electron chi connectivity index (χ0n) is 12.2. The molecule has 1 aromatic rings. The molecule has 3 atom stereocenters. The number of benzene rings is 1. The van der Waals surface area contributed by atoms with Gasteiger partial charge in [0.15, 0.2) is 0 Å². The number of hydrogen-bond acceptors (Lipinski definition) is 2. The minimum absolute atomic E-state index is 0.0444. The first-order valence-corrected chi connectivity index (χ1v) is 7.18. The monoisotopic (exact) mass is 270 g/mol. The first-order valence-electron chi connectivity index (χ1n) is 7.18. The predicted molar refractivity (Wildman–Crippen MR) is 81.0 cm³/mol. The number of terminal acetylenes is 1. The number of nitrogens with zero attached hydrogens (tertiary/aromatic N) is 1. The van der Waals surface area contributed by atoms with E-state index in [0.717, 1.165) is 12.0 Å². The zero-order chi connectivity index (χ0) is 14.8. The van der Waals surface area contributed by atoms with Crippen LogP contribution in [0.5, 0.6) is 0 Å². The van der Waals surface area contributed by atoms with Crippen molar-refractivity contribution < 1.29 is 4.79 Å². The number of rotatable bonds is 5. The average molecular weight is 270 g/mol. The molecule has 3 nitrogen and oxygen atoms in total. The molecular formula is C17H22N2O. The quantitative estimate of drug-likeness (QED) is 0.829. The van der Waals surface area contributed by atoms with Crippen molar-refractivity contribution in [1.82, 2.24) is 4.90 Å². The second-order valence-electron chi connectivity index (χ2n) is 5.32. The number of amides is 1. The largest absolute Gasteiger partial charge is 0.342 e. The van der Waals surface area contributed by atoms with E-state index in [0.29, 0.717) is 13.1 Å². The summed E-state index contributed by atoms with van der Waals surface area (Å²) in [6, 6.07) is 9.52. The Morgan fingerprint density at radius 3 is 2.55 bits per heavy atom. The fourth-order valence-electron chi connectivity index (χ4n) is 3.07. The molecule has 1 aliphatic rings. The summed E-state index contributed by atoms with van der Waals surface area (Å²) in [5.41, 5.74) is 6.53. The zero-order valence-corrected chi connectivity index (χ0v) is 12.2. The van der Waals surface area contributed by atoms with Crippen molar-refractivity contribution in [3.8, 4) is 12.3 Å². The van der Waals surface area contributed by atoms with Crippen LogP contribution in [0.3, 0.4) is 0 Å². The van der Waals surface area contributed by atoms with E-state index in [-0.39, 0.29) is 17.9 Å². The van der Waals surface area contributed by atoms with Gasteiger partial charge in [0.25, 0.3) is 0 Å². The Balaban J connectivity index is 2.39. The molecule has 1 aromatic carbocycles. The van der Waals surface area contributed by atoms with Gasteiger partial charge in [-0.3, -0.25) is 4.79 Å². The standard InChI is InChI=1S/C17H22N2O/c1-4-15(18)14-12-17(14,13-10-8-7-9-11-13)16(20)19(5-2)6-3/h1,7-11,14-15H,5-6,12,18H2,2-3H3/t14-,15?,17+/m0/s1. The maximum Gasteiger partial charge on any atom is 0.233 e. The molecule has 1 unspecified atom stereocenters. The molecule has 1 fully saturated rings. The first kappa shape index (κ1) is 14.6. The lowest BCUT2D eigenvalue weighted by molar-refractivity contribution is -0.134.